The highest BCUT2D eigenvalue weighted by Gasteiger charge is 2.32. The minimum atomic E-state index is -4.85. The Morgan fingerprint density at radius 3 is 2.29 bits per heavy atom. The molecule has 1 N–H and O–H groups in total. The first-order valence-electron chi connectivity index (χ1n) is 6.13. The number of alkyl halides is 3. The molecule has 6 heteroatoms. The third-order valence-corrected chi connectivity index (χ3v) is 2.87. The van der Waals surface area contributed by atoms with Gasteiger partial charge in [0.2, 0.25) is 0 Å². The Balaban J connectivity index is 2.23. The predicted molar refractivity (Wildman–Crippen MR) is 68.2 cm³/mol. The third kappa shape index (κ3) is 4.19. The molecule has 2 aromatic carbocycles. The van der Waals surface area contributed by atoms with Crippen LogP contribution in [-0.4, -0.2) is 11.5 Å². The molecule has 0 aromatic heterocycles. The zero-order valence-corrected chi connectivity index (χ0v) is 10.8. The van der Waals surface area contributed by atoms with Gasteiger partial charge in [-0.25, -0.2) is 4.39 Å². The molecular formula is C15H12F4O2. The summed E-state index contributed by atoms with van der Waals surface area (Å²) in [6.07, 6.45) is -6.31. The van der Waals surface area contributed by atoms with Crippen LogP contribution in [0.1, 0.15) is 17.2 Å². The quantitative estimate of drug-likeness (QED) is 0.865. The van der Waals surface area contributed by atoms with Gasteiger partial charge in [-0.15, -0.1) is 13.2 Å². The highest BCUT2D eigenvalue weighted by atomic mass is 19.4. The summed E-state index contributed by atoms with van der Waals surface area (Å²) in [5.41, 5.74) is 0.171. The molecule has 0 bridgehead atoms. The van der Waals surface area contributed by atoms with Crippen LogP contribution in [-0.2, 0) is 6.42 Å². The monoisotopic (exact) mass is 300 g/mol. The molecule has 1 unspecified atom stereocenters. The lowest BCUT2D eigenvalue weighted by Crippen LogP contribution is -2.19. The first-order chi connectivity index (χ1) is 9.87. The number of benzene rings is 2. The fraction of sp³-hybridized carbons (Fsp3) is 0.200. The first-order valence-corrected chi connectivity index (χ1v) is 6.13. The summed E-state index contributed by atoms with van der Waals surface area (Å²) >= 11 is 0. The van der Waals surface area contributed by atoms with Crippen molar-refractivity contribution in [2.75, 3.05) is 0 Å². The second-order valence-electron chi connectivity index (χ2n) is 4.40. The molecule has 0 fully saturated rings. The van der Waals surface area contributed by atoms with Gasteiger partial charge in [0.15, 0.2) is 0 Å². The summed E-state index contributed by atoms with van der Waals surface area (Å²) in [5.74, 6) is -1.01. The number of aliphatic hydroxyl groups excluding tert-OH is 1. The second-order valence-corrected chi connectivity index (χ2v) is 4.40. The molecule has 2 nitrogen and oxygen atoms in total. The standard InChI is InChI=1S/C15H12F4O2/c16-12-7-3-1-5-10(12)9-13(20)11-6-2-4-8-14(11)21-15(17,18)19/h1-8,13,20H,9H2. The van der Waals surface area contributed by atoms with Crippen LogP contribution < -0.4 is 4.74 Å². The smallest absolute Gasteiger partial charge is 0.405 e. The summed E-state index contributed by atoms with van der Waals surface area (Å²) in [5, 5.41) is 10.1. The van der Waals surface area contributed by atoms with Crippen molar-refractivity contribution >= 4 is 0 Å². The Hall–Kier alpha value is -2.08. The van der Waals surface area contributed by atoms with E-state index in [-0.39, 0.29) is 17.5 Å². The summed E-state index contributed by atoms with van der Waals surface area (Å²) in [6.45, 7) is 0. The minimum absolute atomic E-state index is 0.0434. The maximum Gasteiger partial charge on any atom is 0.573 e. The first kappa shape index (κ1) is 15.3. The average molecular weight is 300 g/mol. The van der Waals surface area contributed by atoms with Gasteiger partial charge < -0.3 is 9.84 Å². The Kier molecular flexibility index (Phi) is 4.47. The molecule has 0 radical (unpaired) electrons. The highest BCUT2D eigenvalue weighted by molar-refractivity contribution is 5.36. The summed E-state index contributed by atoms with van der Waals surface area (Å²) in [6, 6.07) is 11.0. The van der Waals surface area contributed by atoms with Crippen molar-refractivity contribution in [2.45, 2.75) is 18.9 Å². The average Bonchev–Trinajstić information content (AvgIpc) is 2.40. The molecule has 0 aliphatic carbocycles. The van der Waals surface area contributed by atoms with Gasteiger partial charge >= 0.3 is 6.36 Å². The van der Waals surface area contributed by atoms with E-state index in [2.05, 4.69) is 4.74 Å². The molecule has 0 aliphatic rings. The maximum atomic E-state index is 13.5. The van der Waals surface area contributed by atoms with Crippen molar-refractivity contribution in [1.29, 1.82) is 0 Å². The van der Waals surface area contributed by atoms with Crippen LogP contribution in [0.5, 0.6) is 5.75 Å². The van der Waals surface area contributed by atoms with Gasteiger partial charge in [0.25, 0.3) is 0 Å². The van der Waals surface area contributed by atoms with Gasteiger partial charge in [-0.1, -0.05) is 36.4 Å². The SMILES string of the molecule is OC(Cc1ccccc1F)c1ccccc1OC(F)(F)F. The van der Waals surface area contributed by atoms with Crippen molar-refractivity contribution in [3.8, 4) is 5.75 Å². The van der Waals surface area contributed by atoms with Crippen LogP contribution in [0.2, 0.25) is 0 Å². The van der Waals surface area contributed by atoms with Crippen LogP contribution in [0.3, 0.4) is 0 Å². The van der Waals surface area contributed by atoms with Gasteiger partial charge in [0.05, 0.1) is 6.10 Å². The molecule has 0 amide bonds. The van der Waals surface area contributed by atoms with Crippen molar-refractivity contribution in [3.63, 3.8) is 0 Å². The van der Waals surface area contributed by atoms with Gasteiger partial charge in [0.1, 0.15) is 11.6 Å². The van der Waals surface area contributed by atoms with Gasteiger partial charge in [-0.05, 0) is 17.7 Å². The lowest BCUT2D eigenvalue weighted by molar-refractivity contribution is -0.275. The van der Waals surface area contributed by atoms with E-state index >= 15 is 0 Å². The molecule has 21 heavy (non-hydrogen) atoms. The largest absolute Gasteiger partial charge is 0.573 e. The van der Waals surface area contributed by atoms with E-state index in [0.29, 0.717) is 0 Å². The number of ether oxygens (including phenoxy) is 1. The topological polar surface area (TPSA) is 29.5 Å². The van der Waals surface area contributed by atoms with E-state index < -0.39 is 24.0 Å². The molecule has 0 heterocycles. The van der Waals surface area contributed by atoms with E-state index in [4.69, 9.17) is 0 Å². The number of aliphatic hydroxyl groups is 1. The molecule has 1 atom stereocenters. The Morgan fingerprint density at radius 1 is 1.00 bits per heavy atom. The van der Waals surface area contributed by atoms with Crippen LogP contribution in [0.25, 0.3) is 0 Å². The second kappa shape index (κ2) is 6.13. The lowest BCUT2D eigenvalue weighted by atomic mass is 10.0. The number of hydrogen-bond donors (Lipinski definition) is 1. The molecular weight excluding hydrogens is 288 g/mol. The normalized spacial score (nSPS) is 13.0. The summed E-state index contributed by atoms with van der Waals surface area (Å²) in [4.78, 5) is 0. The highest BCUT2D eigenvalue weighted by Crippen LogP contribution is 2.32. The maximum absolute atomic E-state index is 13.5. The summed E-state index contributed by atoms with van der Waals surface area (Å²) in [7, 11) is 0. The van der Waals surface area contributed by atoms with Gasteiger partial charge in [-0.3, -0.25) is 0 Å². The van der Waals surface area contributed by atoms with Crippen molar-refractivity contribution in [1.82, 2.24) is 0 Å². The van der Waals surface area contributed by atoms with E-state index in [1.807, 2.05) is 0 Å². The number of halogens is 4. The van der Waals surface area contributed by atoms with E-state index in [1.165, 1.54) is 36.4 Å². The number of para-hydroxylation sites is 1. The molecule has 2 rings (SSSR count). The number of rotatable bonds is 4. The predicted octanol–water partition coefficient (Wildman–Crippen LogP) is 4.00. The molecule has 0 saturated carbocycles. The third-order valence-electron chi connectivity index (χ3n) is 2.87. The molecule has 0 aliphatic heterocycles. The zero-order chi connectivity index (χ0) is 15.5. The fourth-order valence-electron chi connectivity index (χ4n) is 1.96. The zero-order valence-electron chi connectivity index (χ0n) is 10.8. The van der Waals surface area contributed by atoms with E-state index in [9.17, 15) is 22.7 Å². The Morgan fingerprint density at radius 2 is 1.62 bits per heavy atom. The molecule has 0 saturated heterocycles. The lowest BCUT2D eigenvalue weighted by Gasteiger charge is -2.17. The van der Waals surface area contributed by atoms with Crippen molar-refractivity contribution < 1.29 is 27.4 Å². The van der Waals surface area contributed by atoms with Crippen LogP contribution in [0, 0.1) is 5.82 Å². The van der Waals surface area contributed by atoms with E-state index in [1.54, 1.807) is 6.07 Å². The van der Waals surface area contributed by atoms with Gasteiger partial charge in [-0.2, -0.15) is 0 Å². The minimum Gasteiger partial charge on any atom is -0.405 e. The Labute approximate surface area is 118 Å². The van der Waals surface area contributed by atoms with Crippen molar-refractivity contribution in [2.24, 2.45) is 0 Å². The fourth-order valence-corrected chi connectivity index (χ4v) is 1.96. The molecule has 2 aromatic rings. The van der Waals surface area contributed by atoms with Crippen LogP contribution >= 0.6 is 0 Å². The van der Waals surface area contributed by atoms with E-state index in [0.717, 1.165) is 6.07 Å². The molecule has 0 spiro atoms. The molecule has 112 valence electrons. The van der Waals surface area contributed by atoms with Crippen molar-refractivity contribution in [3.05, 3.63) is 65.5 Å². The van der Waals surface area contributed by atoms with Crippen LogP contribution in [0.15, 0.2) is 48.5 Å². The van der Waals surface area contributed by atoms with Crippen LogP contribution in [0.4, 0.5) is 17.6 Å². The number of hydrogen-bond acceptors (Lipinski definition) is 2. The summed E-state index contributed by atoms with van der Waals surface area (Å²) < 4.78 is 54.3. The Bertz CT molecular complexity index is 611. The van der Waals surface area contributed by atoms with Gasteiger partial charge in [0, 0.05) is 12.0 Å².